The summed E-state index contributed by atoms with van der Waals surface area (Å²) < 4.78 is 6.33. The second kappa shape index (κ2) is 5.59. The molecule has 0 aliphatic heterocycles. The van der Waals surface area contributed by atoms with Gasteiger partial charge in [-0.3, -0.25) is 0 Å². The maximum absolute atomic E-state index is 5.46. The van der Waals surface area contributed by atoms with Gasteiger partial charge in [0.2, 0.25) is 0 Å². The third-order valence-corrected chi connectivity index (χ3v) is 3.85. The summed E-state index contributed by atoms with van der Waals surface area (Å²) in [4.78, 5) is 9.61. The second-order valence-corrected chi connectivity index (χ2v) is 5.68. The summed E-state index contributed by atoms with van der Waals surface area (Å²) in [5.41, 5.74) is 1.05. The molecule has 19 heavy (non-hydrogen) atoms. The number of aromatic nitrogens is 2. The first kappa shape index (κ1) is 12.4. The molecule has 3 nitrogen and oxygen atoms in total. The Kier molecular flexibility index (Phi) is 3.66. The topological polar surface area (TPSA) is 38.9 Å². The molecule has 0 N–H and O–H groups in total. The van der Waals surface area contributed by atoms with Crippen molar-refractivity contribution in [2.75, 3.05) is 0 Å². The Bertz CT molecular complexity index is 668. The van der Waals surface area contributed by atoms with Crippen LogP contribution in [0, 0.1) is 0 Å². The minimum atomic E-state index is 0.710. The maximum atomic E-state index is 5.46. The molecule has 0 spiro atoms. The fourth-order valence-electron chi connectivity index (χ4n) is 1.64. The normalized spacial score (nSPS) is 10.6. The van der Waals surface area contributed by atoms with E-state index in [4.69, 9.17) is 4.42 Å². The number of hydrogen-bond donors (Lipinski definition) is 0. The van der Waals surface area contributed by atoms with Crippen LogP contribution in [-0.4, -0.2) is 9.97 Å². The Morgan fingerprint density at radius 2 is 1.79 bits per heavy atom. The van der Waals surface area contributed by atoms with E-state index in [-0.39, 0.29) is 0 Å². The van der Waals surface area contributed by atoms with Crippen LogP contribution >= 0.6 is 27.7 Å². The monoisotopic (exact) mass is 332 g/mol. The number of halogens is 1. The fraction of sp³-hybridized carbons (Fsp3) is 0. The van der Waals surface area contributed by atoms with E-state index in [0.717, 1.165) is 20.7 Å². The van der Waals surface area contributed by atoms with Crippen molar-refractivity contribution in [2.24, 2.45) is 0 Å². The minimum Gasteiger partial charge on any atom is -0.464 e. The van der Waals surface area contributed by atoms with Crippen molar-refractivity contribution >= 4 is 27.7 Å². The van der Waals surface area contributed by atoms with Crippen LogP contribution < -0.4 is 0 Å². The Morgan fingerprint density at radius 1 is 1.00 bits per heavy atom. The third kappa shape index (κ3) is 2.88. The number of rotatable bonds is 3. The van der Waals surface area contributed by atoms with Gasteiger partial charge < -0.3 is 4.42 Å². The number of nitrogens with zero attached hydrogens (tertiary/aromatic N) is 2. The zero-order valence-corrected chi connectivity index (χ0v) is 12.2. The molecular weight excluding hydrogens is 324 g/mol. The lowest BCUT2D eigenvalue weighted by Crippen LogP contribution is -1.86. The van der Waals surface area contributed by atoms with Crippen LogP contribution in [0.4, 0.5) is 0 Å². The summed E-state index contributed by atoms with van der Waals surface area (Å²) >= 11 is 4.85. The quantitative estimate of drug-likeness (QED) is 0.654. The summed E-state index contributed by atoms with van der Waals surface area (Å²) in [5, 5.41) is 0.710. The van der Waals surface area contributed by atoms with Gasteiger partial charge in [-0.15, -0.1) is 0 Å². The average Bonchev–Trinajstić information content (AvgIpc) is 2.96. The Labute approximate surface area is 123 Å². The summed E-state index contributed by atoms with van der Waals surface area (Å²) in [6.45, 7) is 0. The summed E-state index contributed by atoms with van der Waals surface area (Å²) in [6.07, 6.45) is 5.16. The van der Waals surface area contributed by atoms with Gasteiger partial charge in [0.1, 0.15) is 5.76 Å². The van der Waals surface area contributed by atoms with E-state index in [1.807, 2.05) is 36.4 Å². The molecule has 0 aliphatic carbocycles. The molecule has 0 amide bonds. The SMILES string of the molecule is Brc1cnc(Sc2ccccc2-c2ccco2)nc1. The molecule has 2 aromatic heterocycles. The third-order valence-electron chi connectivity index (χ3n) is 2.47. The fourth-order valence-corrected chi connectivity index (χ4v) is 2.68. The Hall–Kier alpha value is -1.59. The smallest absolute Gasteiger partial charge is 0.192 e. The molecule has 94 valence electrons. The molecule has 3 rings (SSSR count). The number of benzene rings is 1. The van der Waals surface area contributed by atoms with Gasteiger partial charge in [-0.05, 0) is 45.9 Å². The van der Waals surface area contributed by atoms with E-state index in [2.05, 4.69) is 25.9 Å². The maximum Gasteiger partial charge on any atom is 0.192 e. The Balaban J connectivity index is 1.95. The van der Waals surface area contributed by atoms with Crippen molar-refractivity contribution < 1.29 is 4.42 Å². The van der Waals surface area contributed by atoms with Gasteiger partial charge in [0, 0.05) is 22.9 Å². The van der Waals surface area contributed by atoms with Gasteiger partial charge in [-0.25, -0.2) is 9.97 Å². The van der Waals surface area contributed by atoms with Crippen molar-refractivity contribution in [3.05, 3.63) is 59.5 Å². The van der Waals surface area contributed by atoms with Gasteiger partial charge in [-0.2, -0.15) is 0 Å². The lowest BCUT2D eigenvalue weighted by atomic mass is 10.2. The molecule has 0 radical (unpaired) electrons. The molecule has 0 bridgehead atoms. The minimum absolute atomic E-state index is 0.710. The van der Waals surface area contributed by atoms with E-state index in [1.54, 1.807) is 18.7 Å². The number of furan rings is 1. The van der Waals surface area contributed by atoms with Gasteiger partial charge in [-0.1, -0.05) is 18.2 Å². The van der Waals surface area contributed by atoms with E-state index in [1.165, 1.54) is 11.8 Å². The highest BCUT2D eigenvalue weighted by Crippen LogP contribution is 2.34. The van der Waals surface area contributed by atoms with Crippen LogP contribution in [0.5, 0.6) is 0 Å². The molecule has 0 saturated heterocycles. The van der Waals surface area contributed by atoms with Crippen molar-refractivity contribution in [1.82, 2.24) is 9.97 Å². The van der Waals surface area contributed by atoms with E-state index in [0.29, 0.717) is 5.16 Å². The van der Waals surface area contributed by atoms with Crippen molar-refractivity contribution in [2.45, 2.75) is 10.1 Å². The first-order chi connectivity index (χ1) is 9.33. The summed E-state index contributed by atoms with van der Waals surface area (Å²) in [7, 11) is 0. The molecule has 5 heteroatoms. The van der Waals surface area contributed by atoms with Crippen LogP contribution in [0.3, 0.4) is 0 Å². The van der Waals surface area contributed by atoms with Crippen LogP contribution in [0.25, 0.3) is 11.3 Å². The second-order valence-electron chi connectivity index (χ2n) is 3.76. The molecule has 3 aromatic rings. The first-order valence-electron chi connectivity index (χ1n) is 5.61. The highest BCUT2D eigenvalue weighted by atomic mass is 79.9. The van der Waals surface area contributed by atoms with Crippen molar-refractivity contribution in [3.63, 3.8) is 0 Å². The molecule has 0 atom stereocenters. The first-order valence-corrected chi connectivity index (χ1v) is 7.22. The molecule has 0 saturated carbocycles. The predicted molar refractivity (Wildman–Crippen MR) is 78.0 cm³/mol. The predicted octanol–water partition coefficient (Wildman–Crippen LogP) is 4.65. The highest BCUT2D eigenvalue weighted by molar-refractivity contribution is 9.10. The lowest BCUT2D eigenvalue weighted by molar-refractivity contribution is 0.581. The summed E-state index contributed by atoms with van der Waals surface area (Å²) in [5.74, 6) is 0.847. The van der Waals surface area contributed by atoms with Gasteiger partial charge in [0.05, 0.1) is 10.7 Å². The molecular formula is C14H9BrN2OS. The van der Waals surface area contributed by atoms with E-state index < -0.39 is 0 Å². The van der Waals surface area contributed by atoms with E-state index >= 15 is 0 Å². The van der Waals surface area contributed by atoms with Crippen LogP contribution in [0.15, 0.2) is 74.0 Å². The van der Waals surface area contributed by atoms with Crippen molar-refractivity contribution in [3.8, 4) is 11.3 Å². The zero-order chi connectivity index (χ0) is 13.1. The standard InChI is InChI=1S/C14H9BrN2OS/c15-10-8-16-14(17-9-10)19-13-6-2-1-4-11(13)12-5-3-7-18-12/h1-9H. The van der Waals surface area contributed by atoms with Crippen LogP contribution in [0.1, 0.15) is 0 Å². The molecule has 2 heterocycles. The van der Waals surface area contributed by atoms with E-state index in [9.17, 15) is 0 Å². The average molecular weight is 333 g/mol. The molecule has 0 fully saturated rings. The van der Waals surface area contributed by atoms with Crippen molar-refractivity contribution in [1.29, 1.82) is 0 Å². The zero-order valence-electron chi connectivity index (χ0n) is 9.79. The van der Waals surface area contributed by atoms with Crippen LogP contribution in [-0.2, 0) is 0 Å². The molecule has 0 unspecified atom stereocenters. The van der Waals surface area contributed by atoms with Crippen LogP contribution in [0.2, 0.25) is 0 Å². The largest absolute Gasteiger partial charge is 0.464 e. The Morgan fingerprint density at radius 3 is 2.53 bits per heavy atom. The molecule has 0 aliphatic rings. The number of hydrogen-bond acceptors (Lipinski definition) is 4. The van der Waals surface area contributed by atoms with Gasteiger partial charge >= 0.3 is 0 Å². The lowest BCUT2D eigenvalue weighted by Gasteiger charge is -2.05. The summed E-state index contributed by atoms with van der Waals surface area (Å²) in [6, 6.07) is 11.9. The highest BCUT2D eigenvalue weighted by Gasteiger charge is 2.09. The van der Waals surface area contributed by atoms with Gasteiger partial charge in [0.15, 0.2) is 5.16 Å². The molecule has 1 aromatic carbocycles. The van der Waals surface area contributed by atoms with Gasteiger partial charge in [0.25, 0.3) is 0 Å².